The summed E-state index contributed by atoms with van der Waals surface area (Å²) in [5.41, 5.74) is 0.432. The average Bonchev–Trinajstić information content (AvgIpc) is 2.48. The maximum atomic E-state index is 12.3. The molecule has 0 aliphatic rings. The molecule has 1 N–H and O–H groups in total. The molecule has 0 radical (unpaired) electrons. The first-order valence-electron chi connectivity index (χ1n) is 6.25. The van der Waals surface area contributed by atoms with Gasteiger partial charge in [0.1, 0.15) is 5.52 Å². The molecule has 2 heterocycles. The van der Waals surface area contributed by atoms with E-state index in [1.807, 2.05) is 0 Å². The minimum atomic E-state index is -0.499. The van der Waals surface area contributed by atoms with E-state index in [0.717, 1.165) is 0 Å². The van der Waals surface area contributed by atoms with Gasteiger partial charge in [-0.2, -0.15) is 0 Å². The van der Waals surface area contributed by atoms with Crippen LogP contribution >= 0.6 is 0 Å². The molecule has 0 unspecified atom stereocenters. The Morgan fingerprint density at radius 1 is 1.50 bits per heavy atom. The molecule has 0 bridgehead atoms. The molecular formula is C13H16N4O3. The number of fused-ring (bicyclic) bond motifs is 1. The SMILES string of the molecule is CNC(=O)c1nc2cccnc2n(CCCOC)c1=O. The van der Waals surface area contributed by atoms with Gasteiger partial charge in [0, 0.05) is 33.5 Å². The van der Waals surface area contributed by atoms with Crippen LogP contribution in [0.4, 0.5) is 0 Å². The fourth-order valence-electron chi connectivity index (χ4n) is 1.92. The Bertz CT molecular complexity index is 681. The van der Waals surface area contributed by atoms with Crippen molar-refractivity contribution in [1.82, 2.24) is 19.9 Å². The summed E-state index contributed by atoms with van der Waals surface area (Å²) in [5, 5.41) is 2.42. The van der Waals surface area contributed by atoms with Crippen molar-refractivity contribution in [3.63, 3.8) is 0 Å². The molecule has 2 aromatic heterocycles. The van der Waals surface area contributed by atoms with Crippen molar-refractivity contribution in [2.45, 2.75) is 13.0 Å². The summed E-state index contributed by atoms with van der Waals surface area (Å²) in [7, 11) is 3.06. The smallest absolute Gasteiger partial charge is 0.283 e. The Kier molecular flexibility index (Phi) is 4.41. The zero-order valence-corrected chi connectivity index (χ0v) is 11.4. The number of nitrogens with zero attached hydrogens (tertiary/aromatic N) is 3. The molecule has 0 saturated heterocycles. The second kappa shape index (κ2) is 6.25. The predicted octanol–water partition coefficient (Wildman–Crippen LogP) is 0.188. The van der Waals surface area contributed by atoms with Gasteiger partial charge >= 0.3 is 0 Å². The van der Waals surface area contributed by atoms with Crippen LogP contribution in [0.1, 0.15) is 16.9 Å². The van der Waals surface area contributed by atoms with Crippen molar-refractivity contribution in [3.05, 3.63) is 34.4 Å². The first-order chi connectivity index (χ1) is 9.69. The van der Waals surface area contributed by atoms with E-state index in [9.17, 15) is 9.59 Å². The van der Waals surface area contributed by atoms with E-state index in [4.69, 9.17) is 4.74 Å². The van der Waals surface area contributed by atoms with Crippen molar-refractivity contribution in [3.8, 4) is 0 Å². The highest BCUT2D eigenvalue weighted by molar-refractivity contribution is 5.93. The minimum Gasteiger partial charge on any atom is -0.385 e. The summed E-state index contributed by atoms with van der Waals surface area (Å²) in [6, 6.07) is 3.44. The number of carbonyl (C=O) groups excluding carboxylic acids is 1. The molecule has 2 rings (SSSR count). The first kappa shape index (κ1) is 14.1. The normalized spacial score (nSPS) is 10.7. The van der Waals surface area contributed by atoms with E-state index in [1.165, 1.54) is 11.6 Å². The molecule has 0 aliphatic heterocycles. The molecule has 20 heavy (non-hydrogen) atoms. The Hall–Kier alpha value is -2.28. The van der Waals surface area contributed by atoms with Gasteiger partial charge in [0.2, 0.25) is 0 Å². The molecule has 0 saturated carbocycles. The van der Waals surface area contributed by atoms with Crippen LogP contribution < -0.4 is 10.9 Å². The van der Waals surface area contributed by atoms with Crippen molar-refractivity contribution in [1.29, 1.82) is 0 Å². The monoisotopic (exact) mass is 276 g/mol. The molecule has 0 spiro atoms. The van der Waals surface area contributed by atoms with Gasteiger partial charge in [0.15, 0.2) is 11.3 Å². The zero-order valence-electron chi connectivity index (χ0n) is 11.4. The lowest BCUT2D eigenvalue weighted by Gasteiger charge is -2.10. The predicted molar refractivity (Wildman–Crippen MR) is 73.7 cm³/mol. The molecule has 7 nitrogen and oxygen atoms in total. The van der Waals surface area contributed by atoms with Crippen LogP contribution in [0.5, 0.6) is 0 Å². The van der Waals surface area contributed by atoms with Crippen LogP contribution in [-0.4, -0.2) is 41.2 Å². The van der Waals surface area contributed by atoms with E-state index in [2.05, 4.69) is 15.3 Å². The lowest BCUT2D eigenvalue weighted by Crippen LogP contribution is -2.33. The fraction of sp³-hybridized carbons (Fsp3) is 0.385. The molecule has 0 aromatic carbocycles. The van der Waals surface area contributed by atoms with Gasteiger partial charge in [0.05, 0.1) is 0 Å². The number of pyridine rings is 1. The second-order valence-corrected chi connectivity index (χ2v) is 4.19. The Morgan fingerprint density at radius 2 is 2.30 bits per heavy atom. The Labute approximate surface area is 115 Å². The van der Waals surface area contributed by atoms with Crippen LogP contribution in [0.3, 0.4) is 0 Å². The molecule has 2 aromatic rings. The van der Waals surface area contributed by atoms with Gasteiger partial charge in [0.25, 0.3) is 11.5 Å². The van der Waals surface area contributed by atoms with Crippen molar-refractivity contribution < 1.29 is 9.53 Å². The maximum absolute atomic E-state index is 12.3. The Morgan fingerprint density at radius 3 is 3.00 bits per heavy atom. The molecule has 0 atom stereocenters. The van der Waals surface area contributed by atoms with E-state index < -0.39 is 11.5 Å². The summed E-state index contributed by atoms with van der Waals surface area (Å²) in [6.07, 6.45) is 2.25. The summed E-state index contributed by atoms with van der Waals surface area (Å²) in [5.74, 6) is -0.499. The summed E-state index contributed by atoms with van der Waals surface area (Å²) >= 11 is 0. The molecule has 1 amide bonds. The van der Waals surface area contributed by atoms with E-state index in [-0.39, 0.29) is 5.69 Å². The number of aromatic nitrogens is 3. The van der Waals surface area contributed by atoms with Crippen molar-refractivity contribution >= 4 is 17.1 Å². The third-order valence-corrected chi connectivity index (χ3v) is 2.87. The van der Waals surface area contributed by atoms with E-state index in [1.54, 1.807) is 25.4 Å². The molecular weight excluding hydrogens is 260 g/mol. The standard InChI is InChI=1S/C13H16N4O3/c1-14-12(18)10-13(19)17(7-4-8-20-2)11-9(16-10)5-3-6-15-11/h3,5-6H,4,7-8H2,1-2H3,(H,14,18). The molecule has 7 heteroatoms. The highest BCUT2D eigenvalue weighted by Crippen LogP contribution is 2.07. The zero-order chi connectivity index (χ0) is 14.5. The van der Waals surface area contributed by atoms with Crippen LogP contribution in [0.2, 0.25) is 0 Å². The van der Waals surface area contributed by atoms with Crippen LogP contribution in [0.25, 0.3) is 11.2 Å². The quantitative estimate of drug-likeness (QED) is 0.788. The van der Waals surface area contributed by atoms with Crippen LogP contribution in [0, 0.1) is 0 Å². The minimum absolute atomic E-state index is 0.120. The Balaban J connectivity index is 2.58. The first-order valence-corrected chi connectivity index (χ1v) is 6.25. The third-order valence-electron chi connectivity index (χ3n) is 2.87. The van der Waals surface area contributed by atoms with Gasteiger partial charge in [-0.1, -0.05) is 0 Å². The van der Waals surface area contributed by atoms with Gasteiger partial charge in [-0.25, -0.2) is 9.97 Å². The topological polar surface area (TPSA) is 86.1 Å². The van der Waals surface area contributed by atoms with Crippen LogP contribution in [-0.2, 0) is 11.3 Å². The number of nitrogens with one attached hydrogen (secondary N) is 1. The van der Waals surface area contributed by atoms with Gasteiger partial charge in [-0.15, -0.1) is 0 Å². The number of carbonyl (C=O) groups is 1. The maximum Gasteiger partial charge on any atom is 0.283 e. The van der Waals surface area contributed by atoms with Crippen LogP contribution in [0.15, 0.2) is 23.1 Å². The fourth-order valence-corrected chi connectivity index (χ4v) is 1.92. The highest BCUT2D eigenvalue weighted by Gasteiger charge is 2.16. The average molecular weight is 276 g/mol. The van der Waals surface area contributed by atoms with Gasteiger partial charge in [-0.3, -0.25) is 14.2 Å². The number of hydrogen-bond acceptors (Lipinski definition) is 5. The summed E-state index contributed by atoms with van der Waals surface area (Å²) in [4.78, 5) is 32.3. The number of aryl methyl sites for hydroxylation is 1. The van der Waals surface area contributed by atoms with Crippen molar-refractivity contribution in [2.24, 2.45) is 0 Å². The molecule has 106 valence electrons. The lowest BCUT2D eigenvalue weighted by molar-refractivity contribution is 0.0956. The number of ether oxygens (including phenoxy) is 1. The largest absolute Gasteiger partial charge is 0.385 e. The van der Waals surface area contributed by atoms with Gasteiger partial charge in [-0.05, 0) is 18.6 Å². The van der Waals surface area contributed by atoms with Gasteiger partial charge < -0.3 is 10.1 Å². The van der Waals surface area contributed by atoms with Crippen molar-refractivity contribution in [2.75, 3.05) is 20.8 Å². The number of amides is 1. The molecule has 0 fully saturated rings. The third kappa shape index (κ3) is 2.67. The van der Waals surface area contributed by atoms with E-state index in [0.29, 0.717) is 30.7 Å². The highest BCUT2D eigenvalue weighted by atomic mass is 16.5. The molecule has 0 aliphatic carbocycles. The number of methoxy groups -OCH3 is 1. The second-order valence-electron chi connectivity index (χ2n) is 4.19. The van der Waals surface area contributed by atoms with E-state index >= 15 is 0 Å². The number of hydrogen-bond donors (Lipinski definition) is 1. The lowest BCUT2D eigenvalue weighted by atomic mass is 10.3. The number of rotatable bonds is 5. The summed E-state index contributed by atoms with van der Waals surface area (Å²) < 4.78 is 6.45. The summed E-state index contributed by atoms with van der Waals surface area (Å²) in [6.45, 7) is 0.950.